The number of hydrogen-bond donors (Lipinski definition) is 0. The van der Waals surface area contributed by atoms with Crippen molar-refractivity contribution in [3.63, 3.8) is 0 Å². The lowest BCUT2D eigenvalue weighted by molar-refractivity contribution is -0.147. The summed E-state index contributed by atoms with van der Waals surface area (Å²) in [4.78, 5) is 10.9. The number of esters is 1. The highest BCUT2D eigenvalue weighted by Gasteiger charge is 2.42. The van der Waals surface area contributed by atoms with E-state index in [2.05, 4.69) is 0 Å². The van der Waals surface area contributed by atoms with Gasteiger partial charge in [-0.15, -0.1) is 0 Å². The average molecular weight is 187 g/mol. The van der Waals surface area contributed by atoms with Crippen LogP contribution in [0.1, 0.15) is 32.1 Å². The number of halogens is 1. The molecule has 0 N–H and O–H groups in total. The van der Waals surface area contributed by atoms with Crippen LogP contribution in [0.4, 0.5) is 0 Å². The van der Waals surface area contributed by atoms with Crippen molar-refractivity contribution < 1.29 is 9.53 Å². The lowest BCUT2D eigenvalue weighted by Crippen LogP contribution is -2.32. The molecular weight excluding hydrogens is 176 g/mol. The summed E-state index contributed by atoms with van der Waals surface area (Å²) in [5.41, 5.74) is -0.420. The van der Waals surface area contributed by atoms with E-state index in [0.717, 1.165) is 25.7 Å². The van der Waals surface area contributed by atoms with E-state index < -0.39 is 5.60 Å². The van der Waals surface area contributed by atoms with Crippen LogP contribution in [0.15, 0.2) is 11.1 Å². The molecule has 0 radical (unpaired) electrons. The summed E-state index contributed by atoms with van der Waals surface area (Å²) in [6.07, 6.45) is 6.65. The van der Waals surface area contributed by atoms with Crippen molar-refractivity contribution in [1.82, 2.24) is 0 Å². The summed E-state index contributed by atoms with van der Waals surface area (Å²) in [5, 5.41) is 0.604. The van der Waals surface area contributed by atoms with Crippen LogP contribution in [0.3, 0.4) is 0 Å². The van der Waals surface area contributed by atoms with E-state index in [9.17, 15) is 4.79 Å². The summed E-state index contributed by atoms with van der Waals surface area (Å²) in [6.45, 7) is 0. The molecular formula is C9H11ClO2. The first-order chi connectivity index (χ1) is 5.73. The van der Waals surface area contributed by atoms with Crippen LogP contribution in [-0.2, 0) is 9.53 Å². The predicted octanol–water partition coefficient (Wildman–Crippen LogP) is 2.37. The van der Waals surface area contributed by atoms with E-state index in [1.807, 2.05) is 0 Å². The Morgan fingerprint density at radius 2 is 2.00 bits per heavy atom. The van der Waals surface area contributed by atoms with Crippen LogP contribution in [0.25, 0.3) is 0 Å². The minimum Gasteiger partial charge on any atom is -0.450 e. The van der Waals surface area contributed by atoms with Crippen LogP contribution in [0, 0.1) is 0 Å². The minimum atomic E-state index is -0.420. The maximum Gasteiger partial charge on any atom is 0.332 e. The molecule has 2 rings (SSSR count). The van der Waals surface area contributed by atoms with Crippen molar-refractivity contribution in [2.45, 2.75) is 37.7 Å². The van der Waals surface area contributed by atoms with E-state index in [4.69, 9.17) is 16.3 Å². The smallest absolute Gasteiger partial charge is 0.332 e. The van der Waals surface area contributed by atoms with Gasteiger partial charge >= 0.3 is 5.97 Å². The van der Waals surface area contributed by atoms with Crippen LogP contribution >= 0.6 is 11.6 Å². The highest BCUT2D eigenvalue weighted by molar-refractivity contribution is 6.32. The largest absolute Gasteiger partial charge is 0.450 e. The fraction of sp³-hybridized carbons (Fsp3) is 0.667. The highest BCUT2D eigenvalue weighted by atomic mass is 35.5. The first-order valence-electron chi connectivity index (χ1n) is 4.34. The monoisotopic (exact) mass is 186 g/mol. The molecule has 1 fully saturated rings. The van der Waals surface area contributed by atoms with Crippen molar-refractivity contribution >= 4 is 17.6 Å². The minimum absolute atomic E-state index is 0.276. The summed E-state index contributed by atoms with van der Waals surface area (Å²) < 4.78 is 5.24. The summed E-state index contributed by atoms with van der Waals surface area (Å²) in [5.74, 6) is -0.276. The van der Waals surface area contributed by atoms with Crippen molar-refractivity contribution in [3.05, 3.63) is 11.1 Å². The predicted molar refractivity (Wildman–Crippen MR) is 45.8 cm³/mol. The zero-order chi connectivity index (χ0) is 8.60. The molecule has 0 aromatic carbocycles. The van der Waals surface area contributed by atoms with E-state index in [-0.39, 0.29) is 5.97 Å². The highest BCUT2D eigenvalue weighted by Crippen LogP contribution is 2.42. The zero-order valence-corrected chi connectivity index (χ0v) is 7.56. The Bertz CT molecular complexity index is 239. The molecule has 0 atom stereocenters. The van der Waals surface area contributed by atoms with Gasteiger partial charge in [0.15, 0.2) is 0 Å². The molecule has 0 amide bonds. The lowest BCUT2D eigenvalue weighted by Gasteiger charge is -2.32. The molecule has 1 heterocycles. The molecule has 0 saturated heterocycles. The first kappa shape index (κ1) is 8.11. The molecule has 2 aliphatic rings. The van der Waals surface area contributed by atoms with Gasteiger partial charge in [-0.3, -0.25) is 0 Å². The van der Waals surface area contributed by atoms with Gasteiger partial charge in [-0.25, -0.2) is 4.79 Å². The summed E-state index contributed by atoms with van der Waals surface area (Å²) in [7, 11) is 0. The molecule has 1 spiro atoms. The standard InChI is InChI=1S/C9H11ClO2/c10-7-6-8(11)12-9(7)4-2-1-3-5-9/h6H,1-5H2. The molecule has 1 aliphatic heterocycles. The van der Waals surface area contributed by atoms with Gasteiger partial charge in [0.2, 0.25) is 0 Å². The number of ether oxygens (including phenoxy) is 1. The van der Waals surface area contributed by atoms with Gasteiger partial charge in [0, 0.05) is 6.08 Å². The van der Waals surface area contributed by atoms with Crippen LogP contribution < -0.4 is 0 Å². The average Bonchev–Trinajstić information content (AvgIpc) is 2.29. The second kappa shape index (κ2) is 2.77. The number of carbonyl (C=O) groups is 1. The first-order valence-corrected chi connectivity index (χ1v) is 4.71. The Kier molecular flexibility index (Phi) is 1.87. The van der Waals surface area contributed by atoms with E-state index in [1.54, 1.807) is 0 Å². The molecule has 3 heteroatoms. The van der Waals surface area contributed by atoms with Gasteiger partial charge in [0.25, 0.3) is 0 Å². The van der Waals surface area contributed by atoms with Gasteiger partial charge in [0.05, 0.1) is 5.03 Å². The van der Waals surface area contributed by atoms with Gasteiger partial charge in [-0.1, -0.05) is 18.0 Å². The molecule has 1 saturated carbocycles. The third kappa shape index (κ3) is 1.14. The fourth-order valence-electron chi connectivity index (χ4n) is 1.97. The van der Waals surface area contributed by atoms with Gasteiger partial charge in [0.1, 0.15) is 5.60 Å². The molecule has 0 aromatic heterocycles. The van der Waals surface area contributed by atoms with Crippen molar-refractivity contribution in [3.8, 4) is 0 Å². The number of carbonyl (C=O) groups excluding carboxylic acids is 1. The van der Waals surface area contributed by atoms with Crippen LogP contribution in [0.2, 0.25) is 0 Å². The summed E-state index contributed by atoms with van der Waals surface area (Å²) >= 11 is 5.96. The Balaban J connectivity index is 2.21. The van der Waals surface area contributed by atoms with Gasteiger partial charge < -0.3 is 4.74 Å². The van der Waals surface area contributed by atoms with E-state index in [1.165, 1.54) is 12.5 Å². The zero-order valence-electron chi connectivity index (χ0n) is 6.81. The molecule has 2 nitrogen and oxygen atoms in total. The molecule has 66 valence electrons. The van der Waals surface area contributed by atoms with Gasteiger partial charge in [-0.05, 0) is 25.7 Å². The maximum absolute atomic E-state index is 10.9. The maximum atomic E-state index is 10.9. The Morgan fingerprint density at radius 1 is 1.33 bits per heavy atom. The topological polar surface area (TPSA) is 26.3 Å². The Hall–Kier alpha value is -0.500. The van der Waals surface area contributed by atoms with Crippen LogP contribution in [0.5, 0.6) is 0 Å². The van der Waals surface area contributed by atoms with E-state index in [0.29, 0.717) is 5.03 Å². The Morgan fingerprint density at radius 3 is 2.50 bits per heavy atom. The molecule has 1 aliphatic carbocycles. The molecule has 0 aromatic rings. The van der Waals surface area contributed by atoms with Crippen molar-refractivity contribution in [2.75, 3.05) is 0 Å². The molecule has 12 heavy (non-hydrogen) atoms. The fourth-order valence-corrected chi connectivity index (χ4v) is 2.29. The lowest BCUT2D eigenvalue weighted by atomic mass is 9.85. The normalized spacial score (nSPS) is 27.1. The van der Waals surface area contributed by atoms with Gasteiger partial charge in [-0.2, -0.15) is 0 Å². The second-order valence-corrected chi connectivity index (χ2v) is 3.88. The number of hydrogen-bond acceptors (Lipinski definition) is 2. The SMILES string of the molecule is O=C1C=C(Cl)C2(CCCCC2)O1. The van der Waals surface area contributed by atoms with Crippen molar-refractivity contribution in [2.24, 2.45) is 0 Å². The molecule has 0 unspecified atom stereocenters. The quantitative estimate of drug-likeness (QED) is 0.543. The van der Waals surface area contributed by atoms with Crippen molar-refractivity contribution in [1.29, 1.82) is 0 Å². The van der Waals surface area contributed by atoms with E-state index >= 15 is 0 Å². The Labute approximate surface area is 76.5 Å². The third-order valence-electron chi connectivity index (χ3n) is 2.64. The second-order valence-electron chi connectivity index (χ2n) is 3.47. The molecule has 0 bridgehead atoms. The third-order valence-corrected chi connectivity index (χ3v) is 3.09. The van der Waals surface area contributed by atoms with Crippen LogP contribution in [-0.4, -0.2) is 11.6 Å². The summed E-state index contributed by atoms with van der Waals surface area (Å²) in [6, 6.07) is 0. The number of rotatable bonds is 0.